The van der Waals surface area contributed by atoms with Crippen LogP contribution in [0.5, 0.6) is 0 Å². The van der Waals surface area contributed by atoms with Gasteiger partial charge in [-0.2, -0.15) is 0 Å². The van der Waals surface area contributed by atoms with Crippen LogP contribution in [0.1, 0.15) is 33.6 Å². The maximum atomic E-state index is 12.2. The summed E-state index contributed by atoms with van der Waals surface area (Å²) in [4.78, 5) is 36.8. The average molecular weight is 296 g/mol. The van der Waals surface area contributed by atoms with E-state index in [9.17, 15) is 19.5 Å². The van der Waals surface area contributed by atoms with Crippen LogP contribution in [0.15, 0.2) is 0 Å². The van der Waals surface area contributed by atoms with Crippen molar-refractivity contribution in [2.75, 3.05) is 19.6 Å². The fourth-order valence-corrected chi connectivity index (χ4v) is 2.83. The van der Waals surface area contributed by atoms with E-state index < -0.39 is 17.3 Å². The van der Waals surface area contributed by atoms with Gasteiger partial charge in [0.15, 0.2) is 0 Å². The number of nitrogens with one attached hydrogen (secondary N) is 1. The Morgan fingerprint density at radius 2 is 1.81 bits per heavy atom. The Bertz CT molecular complexity index is 451. The van der Waals surface area contributed by atoms with Crippen molar-refractivity contribution < 1.29 is 19.5 Å². The zero-order valence-corrected chi connectivity index (χ0v) is 12.9. The first-order valence-corrected chi connectivity index (χ1v) is 7.49. The fourth-order valence-electron chi connectivity index (χ4n) is 2.83. The lowest BCUT2D eigenvalue weighted by Gasteiger charge is -2.20. The summed E-state index contributed by atoms with van der Waals surface area (Å²) < 4.78 is 0. The topological polar surface area (TPSA) is 86.7 Å². The Kier molecular flexibility index (Phi) is 4.25. The highest BCUT2D eigenvalue weighted by atomic mass is 16.4. The molecule has 2 fully saturated rings. The number of aliphatic carboxylic acids is 1. The van der Waals surface area contributed by atoms with E-state index in [0.29, 0.717) is 12.5 Å². The van der Waals surface area contributed by atoms with E-state index in [1.54, 1.807) is 25.7 Å². The summed E-state index contributed by atoms with van der Waals surface area (Å²) in [5.41, 5.74) is -0.536. The summed E-state index contributed by atoms with van der Waals surface area (Å²) in [7, 11) is 0. The monoisotopic (exact) mass is 296 g/mol. The number of carbonyl (C=O) groups excluding carboxylic acids is 2. The molecule has 0 aromatic heterocycles. The van der Waals surface area contributed by atoms with E-state index >= 15 is 0 Å². The molecular weight excluding hydrogens is 272 g/mol. The largest absolute Gasteiger partial charge is 0.481 e. The molecule has 0 radical (unpaired) electrons. The average Bonchev–Trinajstić information content (AvgIpc) is 3.12. The molecule has 0 bridgehead atoms. The van der Waals surface area contributed by atoms with Gasteiger partial charge in [-0.3, -0.25) is 14.4 Å². The van der Waals surface area contributed by atoms with Crippen LogP contribution in [-0.4, -0.2) is 47.4 Å². The number of rotatable bonds is 4. The summed E-state index contributed by atoms with van der Waals surface area (Å²) >= 11 is 0. The molecule has 2 rings (SSSR count). The maximum Gasteiger partial charge on any atom is 0.308 e. The SMILES string of the molecule is CC(C)(C)C(=O)NCC(=O)N1C[C@H](C(=O)O)[C@@H](C2CC2)C1. The molecule has 21 heavy (non-hydrogen) atoms. The predicted octanol–water partition coefficient (Wildman–Crippen LogP) is 0.718. The van der Waals surface area contributed by atoms with Crippen LogP contribution in [0.2, 0.25) is 0 Å². The molecule has 0 spiro atoms. The summed E-state index contributed by atoms with van der Waals surface area (Å²) in [5.74, 6) is -1.12. The molecule has 0 unspecified atom stereocenters. The number of hydrogen-bond donors (Lipinski definition) is 2. The van der Waals surface area contributed by atoms with E-state index in [4.69, 9.17) is 0 Å². The highest BCUT2D eigenvalue weighted by Gasteiger charge is 2.46. The van der Waals surface area contributed by atoms with Crippen molar-refractivity contribution in [3.05, 3.63) is 0 Å². The second-order valence-corrected chi connectivity index (χ2v) is 7.18. The van der Waals surface area contributed by atoms with Crippen molar-refractivity contribution in [1.29, 1.82) is 0 Å². The van der Waals surface area contributed by atoms with Crippen LogP contribution in [0, 0.1) is 23.2 Å². The van der Waals surface area contributed by atoms with Gasteiger partial charge in [0.1, 0.15) is 0 Å². The van der Waals surface area contributed by atoms with Crippen LogP contribution >= 0.6 is 0 Å². The van der Waals surface area contributed by atoms with Gasteiger partial charge >= 0.3 is 5.97 Å². The third-order valence-corrected chi connectivity index (χ3v) is 4.34. The first-order valence-electron chi connectivity index (χ1n) is 7.49. The molecule has 118 valence electrons. The van der Waals surface area contributed by atoms with Crippen molar-refractivity contribution in [2.24, 2.45) is 23.2 Å². The molecule has 1 aliphatic carbocycles. The Balaban J connectivity index is 1.89. The zero-order valence-electron chi connectivity index (χ0n) is 12.9. The summed E-state index contributed by atoms with van der Waals surface area (Å²) in [5, 5.41) is 11.9. The molecule has 2 amide bonds. The van der Waals surface area contributed by atoms with Crippen LogP contribution in [0.25, 0.3) is 0 Å². The lowest BCUT2D eigenvalue weighted by molar-refractivity contribution is -0.143. The first kappa shape index (κ1) is 15.8. The molecule has 2 N–H and O–H groups in total. The van der Waals surface area contributed by atoms with E-state index in [1.165, 1.54) is 0 Å². The molecule has 0 aromatic carbocycles. The highest BCUT2D eigenvalue weighted by Crippen LogP contribution is 2.44. The molecule has 6 heteroatoms. The van der Waals surface area contributed by atoms with Crippen molar-refractivity contribution in [2.45, 2.75) is 33.6 Å². The first-order chi connectivity index (χ1) is 9.70. The Morgan fingerprint density at radius 1 is 1.19 bits per heavy atom. The lowest BCUT2D eigenvalue weighted by atomic mass is 9.92. The van der Waals surface area contributed by atoms with Gasteiger partial charge in [-0.15, -0.1) is 0 Å². The van der Waals surface area contributed by atoms with Crippen molar-refractivity contribution in [1.82, 2.24) is 10.2 Å². The van der Waals surface area contributed by atoms with Gasteiger partial charge in [0.2, 0.25) is 11.8 Å². The minimum absolute atomic E-state index is 0.0557. The molecule has 1 aliphatic heterocycles. The van der Waals surface area contributed by atoms with Gasteiger partial charge < -0.3 is 15.3 Å². The van der Waals surface area contributed by atoms with E-state index in [2.05, 4.69) is 5.32 Å². The highest BCUT2D eigenvalue weighted by molar-refractivity contribution is 5.87. The Hall–Kier alpha value is -1.59. The minimum Gasteiger partial charge on any atom is -0.481 e. The van der Waals surface area contributed by atoms with Gasteiger partial charge in [-0.05, 0) is 24.7 Å². The fraction of sp³-hybridized carbons (Fsp3) is 0.800. The Labute approximate surface area is 124 Å². The van der Waals surface area contributed by atoms with Crippen LogP contribution in [0.4, 0.5) is 0 Å². The lowest BCUT2D eigenvalue weighted by Crippen LogP contribution is -2.43. The van der Waals surface area contributed by atoms with Gasteiger partial charge in [-0.25, -0.2) is 0 Å². The van der Waals surface area contributed by atoms with Crippen LogP contribution < -0.4 is 5.32 Å². The third kappa shape index (κ3) is 3.74. The van der Waals surface area contributed by atoms with E-state index in [0.717, 1.165) is 12.8 Å². The molecule has 2 atom stereocenters. The van der Waals surface area contributed by atoms with E-state index in [1.807, 2.05) is 0 Å². The number of hydrogen-bond acceptors (Lipinski definition) is 3. The standard InChI is InChI=1S/C15H24N2O4/c1-15(2,3)14(21)16-6-12(18)17-7-10(9-4-5-9)11(8-17)13(19)20/h9-11H,4-8H2,1-3H3,(H,16,21)(H,19,20)/t10-,11+/m1/s1. The van der Waals surface area contributed by atoms with Gasteiger partial charge in [0, 0.05) is 18.5 Å². The minimum atomic E-state index is -0.819. The van der Waals surface area contributed by atoms with E-state index in [-0.39, 0.29) is 30.8 Å². The number of carboxylic acids is 1. The van der Waals surface area contributed by atoms with Crippen LogP contribution in [0.3, 0.4) is 0 Å². The Morgan fingerprint density at radius 3 is 2.29 bits per heavy atom. The molecule has 0 aromatic rings. The molecule has 1 saturated heterocycles. The van der Waals surface area contributed by atoms with Crippen molar-refractivity contribution >= 4 is 17.8 Å². The summed E-state index contributed by atoms with van der Waals surface area (Å²) in [6.07, 6.45) is 2.13. The third-order valence-electron chi connectivity index (χ3n) is 4.34. The summed E-state index contributed by atoms with van der Waals surface area (Å²) in [6, 6.07) is 0. The normalized spacial score (nSPS) is 25.8. The van der Waals surface area contributed by atoms with Crippen LogP contribution in [-0.2, 0) is 14.4 Å². The number of nitrogens with zero attached hydrogens (tertiary/aromatic N) is 1. The number of amides is 2. The number of carboxylic acid groups (broad SMARTS) is 1. The second kappa shape index (κ2) is 5.66. The predicted molar refractivity (Wildman–Crippen MR) is 76.4 cm³/mol. The summed E-state index contributed by atoms with van der Waals surface area (Å²) in [6.45, 7) is 6.07. The van der Waals surface area contributed by atoms with Crippen molar-refractivity contribution in [3.63, 3.8) is 0 Å². The molecular formula is C15H24N2O4. The molecule has 1 saturated carbocycles. The molecule has 2 aliphatic rings. The molecule has 1 heterocycles. The molecule has 6 nitrogen and oxygen atoms in total. The smallest absolute Gasteiger partial charge is 0.308 e. The van der Waals surface area contributed by atoms with Gasteiger partial charge in [0.05, 0.1) is 12.5 Å². The number of likely N-dealkylation sites (tertiary alicyclic amines) is 1. The second-order valence-electron chi connectivity index (χ2n) is 7.18. The zero-order chi connectivity index (χ0) is 15.8. The maximum absolute atomic E-state index is 12.2. The van der Waals surface area contributed by atoms with Crippen molar-refractivity contribution in [3.8, 4) is 0 Å². The van der Waals surface area contributed by atoms with Gasteiger partial charge in [-0.1, -0.05) is 20.8 Å². The quantitative estimate of drug-likeness (QED) is 0.800. The van der Waals surface area contributed by atoms with Gasteiger partial charge in [0.25, 0.3) is 0 Å². The number of carbonyl (C=O) groups is 3.